The Balaban J connectivity index is 4.03. The van der Waals surface area contributed by atoms with Crippen LogP contribution in [0.15, 0.2) is 97.2 Å². The number of amides is 1. The number of quaternary nitrogens is 1. The summed E-state index contributed by atoms with van der Waals surface area (Å²) in [5.41, 5.74) is 0. The zero-order chi connectivity index (χ0) is 42.8. The third-order valence-electron chi connectivity index (χ3n) is 9.30. The van der Waals surface area contributed by atoms with Gasteiger partial charge in [-0.05, 0) is 77.0 Å². The Labute approximate surface area is 356 Å². The number of likely N-dealkylation sites (N-methyl/N-ethyl adjacent to an activating group) is 1. The van der Waals surface area contributed by atoms with Gasteiger partial charge in [0.2, 0.25) is 5.91 Å². The largest absolute Gasteiger partial charge is 0.756 e. The molecule has 0 heterocycles. The highest BCUT2D eigenvalue weighted by molar-refractivity contribution is 7.45. The van der Waals surface area contributed by atoms with Crippen LogP contribution in [0.4, 0.5) is 0 Å². The molecule has 0 rings (SSSR count). The Hall–Kier alpha value is -2.58. The van der Waals surface area contributed by atoms with Gasteiger partial charge in [-0.25, -0.2) is 0 Å². The zero-order valence-electron chi connectivity index (χ0n) is 37.5. The number of phosphoric ester groups is 1. The van der Waals surface area contributed by atoms with Crippen LogP contribution in [-0.4, -0.2) is 68.5 Å². The van der Waals surface area contributed by atoms with Crippen molar-refractivity contribution in [1.29, 1.82) is 0 Å². The van der Waals surface area contributed by atoms with Crippen molar-refractivity contribution in [3.8, 4) is 0 Å². The highest BCUT2D eigenvalue weighted by Gasteiger charge is 2.23. The third-order valence-corrected chi connectivity index (χ3v) is 10.3. The number of hydrogen-bond acceptors (Lipinski definition) is 6. The lowest BCUT2D eigenvalue weighted by Crippen LogP contribution is -2.45. The number of unbranched alkanes of at least 4 members (excludes halogenated alkanes) is 12. The minimum absolute atomic E-state index is 0.00831. The second-order valence-electron chi connectivity index (χ2n) is 16.0. The Bertz CT molecular complexity index is 1260. The van der Waals surface area contributed by atoms with E-state index in [4.69, 9.17) is 9.05 Å². The first kappa shape index (κ1) is 55.4. The van der Waals surface area contributed by atoms with Crippen LogP contribution >= 0.6 is 7.82 Å². The summed E-state index contributed by atoms with van der Waals surface area (Å²) in [6, 6.07) is -0.891. The highest BCUT2D eigenvalue weighted by atomic mass is 31.2. The molecule has 2 N–H and O–H groups in total. The molecule has 9 heteroatoms. The van der Waals surface area contributed by atoms with Gasteiger partial charge in [0.05, 0.1) is 39.9 Å². The van der Waals surface area contributed by atoms with Crippen LogP contribution in [0.2, 0.25) is 0 Å². The lowest BCUT2D eigenvalue weighted by molar-refractivity contribution is -0.870. The van der Waals surface area contributed by atoms with Crippen molar-refractivity contribution < 1.29 is 32.9 Å². The average molecular weight is 829 g/mol. The Kier molecular flexibility index (Phi) is 38.1. The predicted octanol–water partition coefficient (Wildman–Crippen LogP) is 12.1. The van der Waals surface area contributed by atoms with Crippen LogP contribution in [0.1, 0.15) is 155 Å². The molecule has 0 aromatic rings. The average Bonchev–Trinajstić information content (AvgIpc) is 3.17. The maximum Gasteiger partial charge on any atom is 0.268 e. The first-order valence-electron chi connectivity index (χ1n) is 22.6. The van der Waals surface area contributed by atoms with Gasteiger partial charge in [-0.2, -0.15) is 0 Å². The summed E-state index contributed by atoms with van der Waals surface area (Å²) >= 11 is 0. The van der Waals surface area contributed by atoms with Crippen LogP contribution < -0.4 is 10.2 Å². The van der Waals surface area contributed by atoms with Gasteiger partial charge in [0.1, 0.15) is 13.2 Å². The Morgan fingerprint density at radius 1 is 0.621 bits per heavy atom. The minimum Gasteiger partial charge on any atom is -0.756 e. The molecular weight excluding hydrogens is 744 g/mol. The van der Waals surface area contributed by atoms with Crippen LogP contribution in [0.5, 0.6) is 0 Å². The van der Waals surface area contributed by atoms with Crippen molar-refractivity contribution >= 4 is 13.7 Å². The second kappa shape index (κ2) is 39.9. The molecule has 0 fully saturated rings. The van der Waals surface area contributed by atoms with Crippen LogP contribution in [-0.2, 0) is 18.4 Å². The monoisotopic (exact) mass is 829 g/mol. The van der Waals surface area contributed by atoms with Gasteiger partial charge in [0.25, 0.3) is 7.82 Å². The van der Waals surface area contributed by atoms with Crippen molar-refractivity contribution in [2.75, 3.05) is 40.9 Å². The molecule has 3 atom stereocenters. The zero-order valence-corrected chi connectivity index (χ0v) is 38.3. The van der Waals surface area contributed by atoms with Crippen LogP contribution in [0.3, 0.4) is 0 Å². The summed E-state index contributed by atoms with van der Waals surface area (Å²) in [7, 11) is 1.23. The third kappa shape index (κ3) is 41.6. The number of carbonyl (C=O) groups excluding carboxylic acids is 1. The van der Waals surface area contributed by atoms with Crippen LogP contribution in [0, 0.1) is 0 Å². The SMILES string of the molecule is CC/C=C\C/C=C\C/C=C\C/C=C\C/C=C\C/C=C\C/C=C\CCCCCCCCCCCC(=O)NC(COP(=O)([O-])OCC[N+](C)(C)C)C(O)/C=C/CCCCC. The normalized spacial score (nSPS) is 15.2. The smallest absolute Gasteiger partial charge is 0.268 e. The number of phosphoric acid groups is 1. The Morgan fingerprint density at radius 3 is 1.53 bits per heavy atom. The number of rotatable bonds is 39. The van der Waals surface area contributed by atoms with Crippen LogP contribution in [0.25, 0.3) is 0 Å². The molecule has 0 aliphatic rings. The minimum atomic E-state index is -4.58. The summed E-state index contributed by atoms with van der Waals surface area (Å²) < 4.78 is 23.0. The van der Waals surface area contributed by atoms with E-state index in [1.54, 1.807) is 6.08 Å². The van der Waals surface area contributed by atoms with Crippen molar-refractivity contribution in [1.82, 2.24) is 5.32 Å². The van der Waals surface area contributed by atoms with E-state index >= 15 is 0 Å². The predicted molar refractivity (Wildman–Crippen MR) is 246 cm³/mol. The number of aliphatic hydroxyl groups is 1. The number of hydrogen-bond donors (Lipinski definition) is 2. The summed E-state index contributed by atoms with van der Waals surface area (Å²) in [5, 5.41) is 13.5. The van der Waals surface area contributed by atoms with Gasteiger partial charge in [-0.1, -0.05) is 169 Å². The molecule has 0 aliphatic heterocycles. The van der Waals surface area contributed by atoms with Gasteiger partial charge in [-0.15, -0.1) is 0 Å². The fourth-order valence-corrected chi connectivity index (χ4v) is 6.44. The molecule has 0 aliphatic carbocycles. The number of nitrogens with zero attached hydrogens (tertiary/aromatic N) is 1. The quantitative estimate of drug-likeness (QED) is 0.0276. The lowest BCUT2D eigenvalue weighted by atomic mass is 10.1. The fraction of sp³-hybridized carbons (Fsp3) is 0.653. The van der Waals surface area contributed by atoms with Gasteiger partial charge in [0, 0.05) is 6.42 Å². The lowest BCUT2D eigenvalue weighted by Gasteiger charge is -2.29. The molecule has 0 radical (unpaired) electrons. The van der Waals surface area contributed by atoms with E-state index in [9.17, 15) is 19.4 Å². The number of allylic oxidation sites excluding steroid dienone is 15. The van der Waals surface area contributed by atoms with E-state index < -0.39 is 26.6 Å². The van der Waals surface area contributed by atoms with Crippen molar-refractivity contribution in [3.05, 3.63) is 97.2 Å². The molecule has 3 unspecified atom stereocenters. The molecular formula is C49H85N2O6P. The second-order valence-corrected chi connectivity index (χ2v) is 17.4. The molecule has 332 valence electrons. The number of nitrogens with one attached hydrogen (secondary N) is 1. The fourth-order valence-electron chi connectivity index (χ4n) is 5.72. The molecule has 0 aromatic carbocycles. The van der Waals surface area contributed by atoms with Crippen molar-refractivity contribution in [2.45, 2.75) is 167 Å². The van der Waals surface area contributed by atoms with Gasteiger partial charge in [-0.3, -0.25) is 9.36 Å². The molecule has 0 saturated heterocycles. The topological polar surface area (TPSA) is 108 Å². The molecule has 58 heavy (non-hydrogen) atoms. The first-order chi connectivity index (χ1) is 28.0. The molecule has 1 amide bonds. The highest BCUT2D eigenvalue weighted by Crippen LogP contribution is 2.38. The summed E-state index contributed by atoms with van der Waals surface area (Å²) in [5.74, 6) is -0.217. The van der Waals surface area contributed by atoms with E-state index in [0.29, 0.717) is 17.4 Å². The van der Waals surface area contributed by atoms with Crippen molar-refractivity contribution in [3.63, 3.8) is 0 Å². The van der Waals surface area contributed by atoms with E-state index in [0.717, 1.165) is 96.3 Å². The first-order valence-corrected chi connectivity index (χ1v) is 24.1. The number of aliphatic hydroxyl groups excluding tert-OH is 1. The van der Waals surface area contributed by atoms with E-state index in [2.05, 4.69) is 104 Å². The summed E-state index contributed by atoms with van der Waals surface area (Å²) in [6.45, 7) is 4.38. The summed E-state index contributed by atoms with van der Waals surface area (Å²) in [4.78, 5) is 25.1. The van der Waals surface area contributed by atoms with E-state index in [-0.39, 0.29) is 12.5 Å². The maximum atomic E-state index is 12.7. The molecule has 8 nitrogen and oxygen atoms in total. The Morgan fingerprint density at radius 2 is 1.05 bits per heavy atom. The standard InChI is InChI=1S/C49H85N2O6P/c1-6-8-10-12-13-14-15-16-17-18-19-20-21-22-23-24-25-26-27-28-29-30-31-32-33-34-35-36-37-39-41-43-49(53)50-47(48(52)42-40-38-11-9-7-2)46-57-58(54,55)56-45-44-51(3,4)5/h8,10,13-14,16-17,19-20,22-23,25-26,28-29,40,42,47-48,52H,6-7,9,11-12,15,18,21,24,27,30-39,41,43-46H2,1-5H3,(H-,50,53,54,55)/b10-8-,14-13-,17-16-,20-19-,23-22-,26-25-,29-28-,42-40+. The van der Waals surface area contributed by atoms with Gasteiger partial charge >= 0.3 is 0 Å². The number of carbonyl (C=O) groups is 1. The maximum absolute atomic E-state index is 12.7. The van der Waals surface area contributed by atoms with E-state index in [1.165, 1.54) is 38.5 Å². The molecule has 0 saturated carbocycles. The van der Waals surface area contributed by atoms with Gasteiger partial charge in [0.15, 0.2) is 0 Å². The molecule has 0 bridgehead atoms. The molecule has 0 aromatic heterocycles. The van der Waals surface area contributed by atoms with Crippen molar-refractivity contribution in [2.24, 2.45) is 0 Å². The molecule has 0 spiro atoms. The summed E-state index contributed by atoms with van der Waals surface area (Å²) in [6.07, 6.45) is 56.5. The van der Waals surface area contributed by atoms with E-state index in [1.807, 2.05) is 27.2 Å². The van der Waals surface area contributed by atoms with Gasteiger partial charge < -0.3 is 28.8 Å².